The average Bonchev–Trinajstić information content (AvgIpc) is 2.76. The quantitative estimate of drug-likeness (QED) is 0.517. The van der Waals surface area contributed by atoms with E-state index in [2.05, 4.69) is 29.4 Å². The Labute approximate surface area is 170 Å². The molecular weight excluding hydrogens is 368 g/mol. The van der Waals surface area contributed by atoms with Crippen molar-refractivity contribution in [1.29, 1.82) is 0 Å². The monoisotopic (exact) mass is 394 g/mol. The lowest BCUT2D eigenvalue weighted by Crippen LogP contribution is -2.28. The summed E-state index contributed by atoms with van der Waals surface area (Å²) in [6.45, 7) is 2.98. The minimum atomic E-state index is -0.664. The number of aldehydes is 1. The van der Waals surface area contributed by atoms with Crippen molar-refractivity contribution in [2.75, 3.05) is 13.2 Å². The van der Waals surface area contributed by atoms with Crippen LogP contribution in [0.4, 0.5) is 0 Å². The third-order valence-corrected chi connectivity index (χ3v) is 5.20. The van der Waals surface area contributed by atoms with Gasteiger partial charge in [-0.25, -0.2) is 0 Å². The van der Waals surface area contributed by atoms with Crippen molar-refractivity contribution >= 4 is 6.29 Å². The topological polar surface area (TPSA) is 81.4 Å². The van der Waals surface area contributed by atoms with Crippen LogP contribution in [0, 0.1) is 0 Å². The highest BCUT2D eigenvalue weighted by Crippen LogP contribution is 2.40. The molecule has 0 fully saturated rings. The van der Waals surface area contributed by atoms with Crippen molar-refractivity contribution < 1.29 is 14.6 Å². The molecule has 1 aliphatic rings. The molecule has 29 heavy (non-hydrogen) atoms. The predicted octanol–water partition coefficient (Wildman–Crippen LogP) is 3.79. The lowest BCUT2D eigenvalue weighted by molar-refractivity contribution is 0.108. The highest BCUT2D eigenvalue weighted by Gasteiger charge is 2.31. The van der Waals surface area contributed by atoms with Gasteiger partial charge in [-0.05, 0) is 31.7 Å². The second kappa shape index (κ2) is 9.98. The maximum Gasteiger partial charge on any atom is 0.242 e. The van der Waals surface area contributed by atoms with Gasteiger partial charge < -0.3 is 9.84 Å². The van der Waals surface area contributed by atoms with Crippen LogP contribution < -0.4 is 5.43 Å². The third-order valence-electron chi connectivity index (χ3n) is 5.20. The molecule has 2 aromatic rings. The molecule has 0 amide bonds. The van der Waals surface area contributed by atoms with E-state index < -0.39 is 11.2 Å². The van der Waals surface area contributed by atoms with Gasteiger partial charge >= 0.3 is 0 Å². The van der Waals surface area contributed by atoms with Gasteiger partial charge in [-0.15, -0.1) is 0 Å². The van der Waals surface area contributed by atoms with Gasteiger partial charge in [-0.3, -0.25) is 14.3 Å². The van der Waals surface area contributed by atoms with Crippen LogP contribution in [0.1, 0.15) is 54.2 Å². The Bertz CT molecular complexity index is 947. The highest BCUT2D eigenvalue weighted by molar-refractivity contribution is 5.76. The molecule has 1 aliphatic carbocycles. The van der Waals surface area contributed by atoms with Crippen molar-refractivity contribution in [2.24, 2.45) is 0 Å². The summed E-state index contributed by atoms with van der Waals surface area (Å²) in [5.41, 5.74) is 1.54. The van der Waals surface area contributed by atoms with Crippen LogP contribution in [-0.2, 0) is 4.74 Å². The molecule has 0 aliphatic heterocycles. The number of allylic oxidation sites excluding steroid dienone is 4. The van der Waals surface area contributed by atoms with E-state index in [9.17, 15) is 14.7 Å². The van der Waals surface area contributed by atoms with E-state index >= 15 is 0 Å². The molecule has 0 spiro atoms. The fourth-order valence-corrected chi connectivity index (χ4v) is 3.85. The molecule has 1 N–H and O–H groups in total. The van der Waals surface area contributed by atoms with Gasteiger partial charge in [0, 0.05) is 19.1 Å². The molecule has 1 heterocycles. The number of ether oxygens (including phenoxy) is 1. The van der Waals surface area contributed by atoms with Gasteiger partial charge in [-0.2, -0.15) is 5.10 Å². The van der Waals surface area contributed by atoms with Crippen molar-refractivity contribution in [1.82, 2.24) is 9.78 Å². The molecule has 1 aromatic heterocycles. The van der Waals surface area contributed by atoms with Crippen LogP contribution in [0.3, 0.4) is 0 Å². The van der Waals surface area contributed by atoms with Gasteiger partial charge in [0.2, 0.25) is 5.43 Å². The Morgan fingerprint density at radius 2 is 2.10 bits per heavy atom. The van der Waals surface area contributed by atoms with E-state index in [1.165, 1.54) is 10.3 Å². The van der Waals surface area contributed by atoms with Gasteiger partial charge in [0.15, 0.2) is 12.0 Å². The number of hydrogen-bond donors (Lipinski definition) is 1. The number of aromatic hydroxyl groups is 1. The van der Waals surface area contributed by atoms with Crippen LogP contribution in [0.25, 0.3) is 0 Å². The van der Waals surface area contributed by atoms with Crippen LogP contribution in [0.2, 0.25) is 0 Å². The van der Waals surface area contributed by atoms with Crippen molar-refractivity contribution in [3.63, 3.8) is 0 Å². The van der Waals surface area contributed by atoms with Gasteiger partial charge in [-0.1, -0.05) is 54.1 Å². The molecule has 0 radical (unpaired) electrons. The Kier molecular flexibility index (Phi) is 7.14. The minimum Gasteiger partial charge on any atom is -0.503 e. The molecule has 1 aromatic carbocycles. The maximum atomic E-state index is 11.8. The second-order valence-electron chi connectivity index (χ2n) is 6.95. The SMILES string of the molecule is CCOCCC(C(C1=CC=CCC1)c1ccccc1)n1ncc(=O)c(O)c1C=O. The summed E-state index contributed by atoms with van der Waals surface area (Å²) in [4.78, 5) is 23.6. The number of hydrogen-bond acceptors (Lipinski definition) is 5. The first-order valence-electron chi connectivity index (χ1n) is 9.91. The molecule has 152 valence electrons. The normalized spacial score (nSPS) is 15.6. The zero-order valence-electron chi connectivity index (χ0n) is 16.5. The second-order valence-corrected chi connectivity index (χ2v) is 6.95. The third kappa shape index (κ3) is 4.71. The molecule has 3 rings (SSSR count). The molecule has 6 heteroatoms. The Hall–Kier alpha value is -2.99. The summed E-state index contributed by atoms with van der Waals surface area (Å²) < 4.78 is 7.08. The standard InChI is InChI=1S/C23H26N2O4/c1-2-29-14-13-19(25-20(16-26)23(28)21(27)15-24-25)22(17-9-5-3-6-10-17)18-11-7-4-8-12-18/h3-7,9-11,15-16,19,22,28H,2,8,12-14H2,1H3. The highest BCUT2D eigenvalue weighted by atomic mass is 16.5. The molecule has 6 nitrogen and oxygen atoms in total. The zero-order chi connectivity index (χ0) is 20.6. The van der Waals surface area contributed by atoms with Crippen LogP contribution in [0.5, 0.6) is 5.75 Å². The molecular formula is C23H26N2O4. The molecule has 2 unspecified atom stereocenters. The summed E-state index contributed by atoms with van der Waals surface area (Å²) in [5, 5.41) is 14.4. The van der Waals surface area contributed by atoms with Crippen molar-refractivity contribution in [2.45, 2.75) is 38.1 Å². The average molecular weight is 394 g/mol. The fourth-order valence-electron chi connectivity index (χ4n) is 3.85. The zero-order valence-corrected chi connectivity index (χ0v) is 16.5. The van der Waals surface area contributed by atoms with E-state index in [1.807, 2.05) is 31.2 Å². The molecule has 0 bridgehead atoms. The molecule has 2 atom stereocenters. The summed E-state index contributed by atoms with van der Waals surface area (Å²) in [5.74, 6) is -0.643. The summed E-state index contributed by atoms with van der Waals surface area (Å²) in [6.07, 6.45) is 10.2. The van der Waals surface area contributed by atoms with Gasteiger partial charge in [0.25, 0.3) is 0 Å². The lowest BCUT2D eigenvalue weighted by atomic mass is 9.80. The van der Waals surface area contributed by atoms with Crippen molar-refractivity contribution in [3.05, 3.63) is 81.8 Å². The Morgan fingerprint density at radius 1 is 1.31 bits per heavy atom. The number of rotatable bonds is 9. The smallest absolute Gasteiger partial charge is 0.242 e. The van der Waals surface area contributed by atoms with Gasteiger partial charge in [0.1, 0.15) is 5.69 Å². The first-order valence-corrected chi connectivity index (χ1v) is 9.91. The predicted molar refractivity (Wildman–Crippen MR) is 111 cm³/mol. The number of benzene rings is 1. The van der Waals surface area contributed by atoms with Crippen LogP contribution in [-0.4, -0.2) is 34.4 Å². The summed E-state index contributed by atoms with van der Waals surface area (Å²) in [7, 11) is 0. The summed E-state index contributed by atoms with van der Waals surface area (Å²) in [6, 6.07) is 9.75. The van der Waals surface area contributed by atoms with E-state index in [4.69, 9.17) is 4.74 Å². The maximum absolute atomic E-state index is 11.8. The number of nitrogens with zero attached hydrogens (tertiary/aromatic N) is 2. The summed E-state index contributed by atoms with van der Waals surface area (Å²) >= 11 is 0. The minimum absolute atomic E-state index is 0.0743. The van der Waals surface area contributed by atoms with E-state index in [-0.39, 0.29) is 17.7 Å². The first-order chi connectivity index (χ1) is 14.2. The molecule has 0 saturated heterocycles. The number of carbonyl (C=O) groups excluding carboxylic acids is 1. The lowest BCUT2D eigenvalue weighted by Gasteiger charge is -2.32. The number of carbonyl (C=O) groups is 1. The van der Waals surface area contributed by atoms with Crippen molar-refractivity contribution in [3.8, 4) is 5.75 Å². The fraction of sp³-hybridized carbons (Fsp3) is 0.348. The Balaban J connectivity index is 2.16. The van der Waals surface area contributed by atoms with E-state index in [0.29, 0.717) is 25.9 Å². The van der Waals surface area contributed by atoms with E-state index in [0.717, 1.165) is 24.6 Å². The van der Waals surface area contributed by atoms with E-state index in [1.54, 1.807) is 0 Å². The Morgan fingerprint density at radius 3 is 2.76 bits per heavy atom. The molecule has 0 saturated carbocycles. The van der Waals surface area contributed by atoms with Gasteiger partial charge in [0.05, 0.1) is 12.2 Å². The largest absolute Gasteiger partial charge is 0.503 e. The number of aromatic nitrogens is 2. The first kappa shape index (κ1) is 20.7. The van der Waals surface area contributed by atoms with Crippen LogP contribution >= 0.6 is 0 Å². The van der Waals surface area contributed by atoms with Crippen LogP contribution in [0.15, 0.2) is 65.1 Å².